The van der Waals surface area contributed by atoms with Crippen LogP contribution in [0.4, 0.5) is 0 Å². The molecule has 1 atom stereocenters. The average Bonchev–Trinajstić information content (AvgIpc) is 1.82. The van der Waals surface area contributed by atoms with E-state index in [1.807, 2.05) is 0 Å². The van der Waals surface area contributed by atoms with Crippen molar-refractivity contribution in [3.63, 3.8) is 0 Å². The number of ketones is 1. The summed E-state index contributed by atoms with van der Waals surface area (Å²) in [6, 6.07) is -0.899. The Morgan fingerprint density at radius 3 is 2.40 bits per heavy atom. The summed E-state index contributed by atoms with van der Waals surface area (Å²) in [7, 11) is 0. The average molecular weight is 145 g/mol. The van der Waals surface area contributed by atoms with Crippen molar-refractivity contribution >= 4 is 11.8 Å². The number of carboxylic acid groups (broad SMARTS) is 1. The number of nitrogens with two attached hydrogens (primary N) is 1. The first-order valence-corrected chi connectivity index (χ1v) is 3.02. The summed E-state index contributed by atoms with van der Waals surface area (Å²) in [6.45, 7) is 1.41. The second-order valence-electron chi connectivity index (χ2n) is 2.19. The Labute approximate surface area is 59.0 Å². The van der Waals surface area contributed by atoms with E-state index in [1.54, 1.807) is 0 Å². The molecule has 4 nitrogen and oxygen atoms in total. The number of carboxylic acids is 1. The van der Waals surface area contributed by atoms with Gasteiger partial charge in [-0.3, -0.25) is 4.79 Å². The van der Waals surface area contributed by atoms with E-state index in [1.165, 1.54) is 6.92 Å². The molecule has 0 saturated carbocycles. The maximum atomic E-state index is 10.3. The van der Waals surface area contributed by atoms with Crippen molar-refractivity contribution in [3.8, 4) is 0 Å². The molecule has 58 valence electrons. The van der Waals surface area contributed by atoms with Crippen LogP contribution in [0.1, 0.15) is 19.8 Å². The zero-order valence-corrected chi connectivity index (χ0v) is 5.83. The first-order valence-electron chi connectivity index (χ1n) is 3.02. The van der Waals surface area contributed by atoms with Gasteiger partial charge in [0.25, 0.3) is 0 Å². The van der Waals surface area contributed by atoms with Gasteiger partial charge in [-0.15, -0.1) is 0 Å². The fraction of sp³-hybridized carbons (Fsp3) is 0.667. The van der Waals surface area contributed by atoms with Crippen LogP contribution in [0.2, 0.25) is 0 Å². The van der Waals surface area contributed by atoms with Crippen LogP contribution in [0, 0.1) is 0 Å². The molecule has 0 fully saturated rings. The van der Waals surface area contributed by atoms with Crippen molar-refractivity contribution in [2.75, 3.05) is 0 Å². The topological polar surface area (TPSA) is 80.4 Å². The third-order valence-electron chi connectivity index (χ3n) is 1.12. The lowest BCUT2D eigenvalue weighted by Crippen LogP contribution is -2.30. The Morgan fingerprint density at radius 1 is 1.60 bits per heavy atom. The predicted molar refractivity (Wildman–Crippen MR) is 35.5 cm³/mol. The minimum atomic E-state index is -1.05. The van der Waals surface area contributed by atoms with E-state index in [4.69, 9.17) is 10.8 Å². The second kappa shape index (κ2) is 4.00. The predicted octanol–water partition coefficient (Wildman–Crippen LogP) is -0.232. The molecule has 10 heavy (non-hydrogen) atoms. The number of hydrogen-bond acceptors (Lipinski definition) is 3. The molecular formula is C6H11NO3. The fourth-order valence-electron chi connectivity index (χ4n) is 0.482. The van der Waals surface area contributed by atoms with Crippen LogP contribution in [0.15, 0.2) is 0 Å². The number of hydrogen-bond donors (Lipinski definition) is 2. The van der Waals surface area contributed by atoms with Gasteiger partial charge in [-0.1, -0.05) is 0 Å². The molecule has 4 heteroatoms. The van der Waals surface area contributed by atoms with Gasteiger partial charge in [0.05, 0.1) is 0 Å². The van der Waals surface area contributed by atoms with E-state index in [0.29, 0.717) is 0 Å². The second-order valence-corrected chi connectivity index (χ2v) is 2.19. The van der Waals surface area contributed by atoms with Gasteiger partial charge in [-0.25, -0.2) is 0 Å². The maximum Gasteiger partial charge on any atom is 0.320 e. The SMILES string of the molecule is CC(=O)CC[C@@H](N)C(=O)O. The minimum absolute atomic E-state index is 0.0308. The molecule has 0 aromatic carbocycles. The van der Waals surface area contributed by atoms with Gasteiger partial charge in [-0.05, 0) is 13.3 Å². The molecule has 0 aliphatic rings. The van der Waals surface area contributed by atoms with Crippen LogP contribution >= 0.6 is 0 Å². The monoisotopic (exact) mass is 145 g/mol. The van der Waals surface area contributed by atoms with Gasteiger partial charge in [0.2, 0.25) is 0 Å². The number of aliphatic carboxylic acids is 1. The van der Waals surface area contributed by atoms with Gasteiger partial charge < -0.3 is 15.6 Å². The summed E-state index contributed by atoms with van der Waals surface area (Å²) < 4.78 is 0. The van der Waals surface area contributed by atoms with Crippen LogP contribution in [-0.4, -0.2) is 22.9 Å². The van der Waals surface area contributed by atoms with Gasteiger partial charge in [0.15, 0.2) is 0 Å². The largest absolute Gasteiger partial charge is 0.480 e. The smallest absolute Gasteiger partial charge is 0.320 e. The highest BCUT2D eigenvalue weighted by molar-refractivity contribution is 5.77. The van der Waals surface area contributed by atoms with E-state index in [0.717, 1.165) is 0 Å². The van der Waals surface area contributed by atoms with Gasteiger partial charge >= 0.3 is 5.97 Å². The Balaban J connectivity index is 3.49. The van der Waals surface area contributed by atoms with Crippen molar-refractivity contribution in [1.82, 2.24) is 0 Å². The molecule has 0 unspecified atom stereocenters. The summed E-state index contributed by atoms with van der Waals surface area (Å²) in [5.74, 6) is -1.09. The maximum absolute atomic E-state index is 10.3. The highest BCUT2D eigenvalue weighted by Crippen LogP contribution is 1.94. The summed E-state index contributed by atoms with van der Waals surface area (Å²) >= 11 is 0. The molecule has 0 aromatic rings. The summed E-state index contributed by atoms with van der Waals surface area (Å²) in [5, 5.41) is 8.26. The Kier molecular flexibility index (Phi) is 3.64. The molecule has 0 spiro atoms. The highest BCUT2D eigenvalue weighted by Gasteiger charge is 2.10. The lowest BCUT2D eigenvalue weighted by Gasteiger charge is -2.02. The molecule has 0 aromatic heterocycles. The lowest BCUT2D eigenvalue weighted by molar-refractivity contribution is -0.138. The van der Waals surface area contributed by atoms with Crippen LogP contribution < -0.4 is 5.73 Å². The number of carbonyl (C=O) groups is 2. The summed E-state index contributed by atoms with van der Waals surface area (Å²) in [4.78, 5) is 20.4. The first kappa shape index (κ1) is 9.10. The molecule has 0 aliphatic heterocycles. The molecule has 0 heterocycles. The number of Topliss-reactive ketones (excluding diaryl/α,β-unsaturated/α-hetero) is 1. The van der Waals surface area contributed by atoms with Gasteiger partial charge in [-0.2, -0.15) is 0 Å². The summed E-state index contributed by atoms with van der Waals surface area (Å²) in [6.07, 6.45) is 0.470. The molecule has 0 rings (SSSR count). The number of carbonyl (C=O) groups excluding carboxylic acids is 1. The van der Waals surface area contributed by atoms with Gasteiger partial charge in [0, 0.05) is 6.42 Å². The van der Waals surface area contributed by atoms with E-state index in [9.17, 15) is 9.59 Å². The summed E-state index contributed by atoms with van der Waals surface area (Å²) in [5.41, 5.74) is 5.11. The van der Waals surface area contributed by atoms with Crippen LogP contribution in [0.25, 0.3) is 0 Å². The standard InChI is InChI=1S/C6H11NO3/c1-4(8)2-3-5(7)6(9)10/h5H,2-3,7H2,1H3,(H,9,10)/t5-/m1/s1. The van der Waals surface area contributed by atoms with E-state index in [-0.39, 0.29) is 18.6 Å². The van der Waals surface area contributed by atoms with E-state index in [2.05, 4.69) is 0 Å². The first-order chi connectivity index (χ1) is 4.54. The Bertz CT molecular complexity index is 144. The number of rotatable bonds is 4. The fourth-order valence-corrected chi connectivity index (χ4v) is 0.482. The van der Waals surface area contributed by atoms with Crippen molar-refractivity contribution in [2.24, 2.45) is 5.73 Å². The Hall–Kier alpha value is -0.900. The van der Waals surface area contributed by atoms with Crippen LogP contribution in [0.5, 0.6) is 0 Å². The molecular weight excluding hydrogens is 134 g/mol. The van der Waals surface area contributed by atoms with Gasteiger partial charge in [0.1, 0.15) is 11.8 Å². The van der Waals surface area contributed by atoms with E-state index >= 15 is 0 Å². The Morgan fingerprint density at radius 2 is 2.10 bits per heavy atom. The lowest BCUT2D eigenvalue weighted by atomic mass is 10.1. The molecule has 3 N–H and O–H groups in total. The normalized spacial score (nSPS) is 12.6. The van der Waals surface area contributed by atoms with Crippen LogP contribution in [0.3, 0.4) is 0 Å². The zero-order chi connectivity index (χ0) is 8.15. The van der Waals surface area contributed by atoms with E-state index < -0.39 is 12.0 Å². The third-order valence-corrected chi connectivity index (χ3v) is 1.12. The van der Waals surface area contributed by atoms with Crippen molar-refractivity contribution < 1.29 is 14.7 Å². The van der Waals surface area contributed by atoms with Crippen molar-refractivity contribution in [2.45, 2.75) is 25.8 Å². The minimum Gasteiger partial charge on any atom is -0.480 e. The molecule has 0 bridgehead atoms. The molecule has 0 saturated heterocycles. The highest BCUT2D eigenvalue weighted by atomic mass is 16.4. The van der Waals surface area contributed by atoms with Crippen molar-refractivity contribution in [3.05, 3.63) is 0 Å². The molecule has 0 aliphatic carbocycles. The quantitative estimate of drug-likeness (QED) is 0.572. The molecule has 0 amide bonds. The third kappa shape index (κ3) is 4.03. The zero-order valence-electron chi connectivity index (χ0n) is 5.83. The van der Waals surface area contributed by atoms with Crippen LogP contribution in [-0.2, 0) is 9.59 Å². The van der Waals surface area contributed by atoms with Crippen molar-refractivity contribution in [1.29, 1.82) is 0 Å². The molecule has 0 radical (unpaired) electrons.